The molecule has 0 bridgehead atoms. The van der Waals surface area contributed by atoms with E-state index in [0.29, 0.717) is 36.3 Å². The van der Waals surface area contributed by atoms with Gasteiger partial charge >= 0.3 is 0 Å². The number of fused-ring (bicyclic) bond motifs is 1. The molecule has 0 saturated carbocycles. The van der Waals surface area contributed by atoms with Crippen LogP contribution in [0, 0.1) is 0 Å². The normalized spacial score (nSPS) is 23.5. The van der Waals surface area contributed by atoms with E-state index in [4.69, 9.17) is 14.0 Å². The summed E-state index contributed by atoms with van der Waals surface area (Å²) >= 11 is 1.37. The second-order valence-corrected chi connectivity index (χ2v) is 13.0. The maximum Gasteiger partial charge on any atom is 0.286 e. The van der Waals surface area contributed by atoms with Gasteiger partial charge in [-0.15, -0.1) is 11.3 Å². The van der Waals surface area contributed by atoms with Crippen LogP contribution in [0.2, 0.25) is 0 Å². The summed E-state index contributed by atoms with van der Waals surface area (Å²) in [5.74, 6) is -0.515. The first-order valence-corrected chi connectivity index (χ1v) is 14.9. The van der Waals surface area contributed by atoms with Gasteiger partial charge in [-0.25, -0.2) is 18.7 Å². The molecule has 198 valence electrons. The van der Waals surface area contributed by atoms with Crippen molar-refractivity contribution in [2.45, 2.75) is 56.0 Å². The van der Waals surface area contributed by atoms with E-state index in [1.165, 1.54) is 11.3 Å². The molecule has 3 aromatic rings. The molecule has 1 unspecified atom stereocenters. The molecule has 2 amide bonds. The fraction of sp³-hybridized carbons (Fsp3) is 0.462. The maximum absolute atomic E-state index is 13.5. The molecular weight excluding hydrogens is 516 g/mol. The number of carbonyl (C=O) groups excluding carboxylic acids is 2. The Morgan fingerprint density at radius 3 is 2.76 bits per heavy atom. The number of sulfone groups is 1. The Morgan fingerprint density at radius 2 is 2.00 bits per heavy atom. The molecule has 11 heteroatoms. The Bertz CT molecular complexity index is 1410. The van der Waals surface area contributed by atoms with Gasteiger partial charge in [-0.3, -0.25) is 9.59 Å². The van der Waals surface area contributed by atoms with Crippen molar-refractivity contribution < 1.29 is 32.0 Å². The van der Waals surface area contributed by atoms with E-state index in [0.717, 1.165) is 35.1 Å². The number of rotatable bonds is 7. The molecule has 2 atom stereocenters. The fourth-order valence-corrected chi connectivity index (χ4v) is 8.79. The van der Waals surface area contributed by atoms with Crippen LogP contribution >= 0.6 is 11.3 Å². The number of thiophene rings is 1. The highest BCUT2D eigenvalue weighted by molar-refractivity contribution is 7.92. The molecule has 2 fully saturated rings. The standard InChI is InChI=1S/C26H30N2O7S2/c1-27-25(30)20-15-18-14-17(7-8-19(18)34-20)21-9-10-22(36-21)26(11-3-5-13-37(26,31)32)16-23(29)28-35-24-6-2-4-12-33-24/h7-10,14-15,24H,2-6,11-13,16H2,1H3,(H,27,30)(H,28,29)/t24?,26-/m0/s1. The summed E-state index contributed by atoms with van der Waals surface area (Å²) in [5, 5.41) is 3.32. The number of benzene rings is 1. The molecule has 2 aliphatic rings. The quantitative estimate of drug-likeness (QED) is 0.424. The van der Waals surface area contributed by atoms with Gasteiger partial charge in [0.2, 0.25) is 5.91 Å². The lowest BCUT2D eigenvalue weighted by Gasteiger charge is -2.35. The van der Waals surface area contributed by atoms with E-state index in [2.05, 4.69) is 10.8 Å². The van der Waals surface area contributed by atoms with Gasteiger partial charge in [0.15, 0.2) is 21.9 Å². The molecule has 4 heterocycles. The van der Waals surface area contributed by atoms with Crippen LogP contribution in [0.3, 0.4) is 0 Å². The predicted octanol–water partition coefficient (Wildman–Crippen LogP) is 4.28. The van der Waals surface area contributed by atoms with E-state index < -0.39 is 26.8 Å². The summed E-state index contributed by atoms with van der Waals surface area (Å²) in [7, 11) is -2.04. The highest BCUT2D eigenvalue weighted by atomic mass is 32.2. The Balaban J connectivity index is 1.41. The smallest absolute Gasteiger partial charge is 0.286 e. The summed E-state index contributed by atoms with van der Waals surface area (Å²) < 4.78 is 36.7. The van der Waals surface area contributed by atoms with Crippen molar-refractivity contribution >= 4 is 44.0 Å². The van der Waals surface area contributed by atoms with Crippen LogP contribution in [0.25, 0.3) is 21.4 Å². The minimum Gasteiger partial charge on any atom is -0.451 e. The van der Waals surface area contributed by atoms with E-state index in [1.807, 2.05) is 24.3 Å². The molecule has 0 spiro atoms. The van der Waals surface area contributed by atoms with Crippen LogP contribution in [0.15, 0.2) is 40.8 Å². The van der Waals surface area contributed by atoms with Gasteiger partial charge in [-0.1, -0.05) is 6.42 Å². The monoisotopic (exact) mass is 546 g/mol. The number of ether oxygens (including phenoxy) is 1. The third-order valence-corrected chi connectivity index (χ3v) is 11.1. The van der Waals surface area contributed by atoms with Crippen LogP contribution in [-0.2, 0) is 29.0 Å². The summed E-state index contributed by atoms with van der Waals surface area (Å²) in [5.41, 5.74) is 3.90. The molecule has 2 aromatic heterocycles. The topological polar surface area (TPSA) is 124 Å². The van der Waals surface area contributed by atoms with E-state index in [1.54, 1.807) is 19.2 Å². The number of hydroxylamine groups is 1. The van der Waals surface area contributed by atoms with Crippen LogP contribution < -0.4 is 10.8 Å². The molecule has 37 heavy (non-hydrogen) atoms. The van der Waals surface area contributed by atoms with E-state index in [-0.39, 0.29) is 23.8 Å². The lowest BCUT2D eigenvalue weighted by molar-refractivity contribution is -0.200. The first-order valence-electron chi connectivity index (χ1n) is 12.5. The van der Waals surface area contributed by atoms with Crippen molar-refractivity contribution in [2.75, 3.05) is 19.4 Å². The highest BCUT2D eigenvalue weighted by Gasteiger charge is 2.49. The third-order valence-electron chi connectivity index (χ3n) is 7.03. The lowest BCUT2D eigenvalue weighted by atomic mass is 9.94. The Morgan fingerprint density at radius 1 is 1.14 bits per heavy atom. The van der Waals surface area contributed by atoms with Gasteiger partial charge in [0, 0.05) is 35.2 Å². The summed E-state index contributed by atoms with van der Waals surface area (Å²) in [6.07, 6.45) is 3.55. The van der Waals surface area contributed by atoms with Gasteiger partial charge in [-0.05, 0) is 67.6 Å². The second kappa shape index (κ2) is 10.6. The van der Waals surface area contributed by atoms with Gasteiger partial charge in [-0.2, -0.15) is 0 Å². The number of furan rings is 1. The van der Waals surface area contributed by atoms with E-state index >= 15 is 0 Å². The van der Waals surface area contributed by atoms with Gasteiger partial charge in [0.05, 0.1) is 12.2 Å². The van der Waals surface area contributed by atoms with Crippen molar-refractivity contribution in [2.24, 2.45) is 0 Å². The Labute approximate surface area is 219 Å². The summed E-state index contributed by atoms with van der Waals surface area (Å²) in [4.78, 5) is 31.8. The maximum atomic E-state index is 13.5. The first-order chi connectivity index (χ1) is 17.8. The number of hydrogen-bond donors (Lipinski definition) is 2. The van der Waals surface area contributed by atoms with Crippen molar-refractivity contribution in [1.82, 2.24) is 10.8 Å². The zero-order valence-corrected chi connectivity index (χ0v) is 22.2. The number of hydrogen-bond acceptors (Lipinski definition) is 8. The van der Waals surface area contributed by atoms with Gasteiger partial charge in [0.1, 0.15) is 10.3 Å². The Kier molecular flexibility index (Phi) is 7.39. The van der Waals surface area contributed by atoms with E-state index in [9.17, 15) is 18.0 Å². The van der Waals surface area contributed by atoms with Gasteiger partial charge in [0.25, 0.3) is 5.91 Å². The minimum atomic E-state index is -3.59. The molecule has 2 aliphatic heterocycles. The molecule has 9 nitrogen and oxygen atoms in total. The largest absolute Gasteiger partial charge is 0.451 e. The summed E-state index contributed by atoms with van der Waals surface area (Å²) in [6.45, 7) is 0.578. The molecular formula is C26H30N2O7S2. The first kappa shape index (κ1) is 25.9. The van der Waals surface area contributed by atoms with Crippen LogP contribution in [0.4, 0.5) is 0 Å². The zero-order chi connectivity index (χ0) is 26.0. The second-order valence-electron chi connectivity index (χ2n) is 9.49. The SMILES string of the molecule is CNC(=O)c1cc2cc(-c3ccc([C@@]4(CC(=O)NOC5CCCCO5)CCCCS4(=O)=O)s3)ccc2o1. The molecule has 2 saturated heterocycles. The average molecular weight is 547 g/mol. The fourth-order valence-electron chi connectivity index (χ4n) is 5.02. The van der Waals surface area contributed by atoms with Crippen LogP contribution in [-0.4, -0.2) is 45.9 Å². The predicted molar refractivity (Wildman–Crippen MR) is 140 cm³/mol. The van der Waals surface area contributed by atoms with Crippen molar-refractivity contribution in [1.29, 1.82) is 0 Å². The van der Waals surface area contributed by atoms with Crippen LogP contribution in [0.5, 0.6) is 0 Å². The molecule has 1 aromatic carbocycles. The number of carbonyl (C=O) groups is 2. The molecule has 2 N–H and O–H groups in total. The lowest BCUT2D eigenvalue weighted by Crippen LogP contribution is -2.45. The van der Waals surface area contributed by atoms with Crippen molar-refractivity contribution in [3.05, 3.63) is 47.0 Å². The number of amides is 2. The third kappa shape index (κ3) is 5.18. The average Bonchev–Trinajstić information content (AvgIpc) is 3.56. The van der Waals surface area contributed by atoms with Gasteiger partial charge < -0.3 is 14.5 Å². The number of nitrogens with one attached hydrogen (secondary N) is 2. The molecule has 0 aliphatic carbocycles. The van der Waals surface area contributed by atoms with Crippen LogP contribution in [0.1, 0.15) is 60.4 Å². The van der Waals surface area contributed by atoms with Crippen molar-refractivity contribution in [3.63, 3.8) is 0 Å². The molecule has 0 radical (unpaired) electrons. The Hall–Kier alpha value is -2.73. The highest BCUT2D eigenvalue weighted by Crippen LogP contribution is 2.47. The summed E-state index contributed by atoms with van der Waals surface area (Å²) in [6, 6.07) is 11.0. The molecule has 5 rings (SSSR count). The van der Waals surface area contributed by atoms with Crippen molar-refractivity contribution in [3.8, 4) is 10.4 Å². The zero-order valence-electron chi connectivity index (χ0n) is 20.6. The minimum absolute atomic E-state index is 0.0450.